The molecule has 0 aliphatic carbocycles. The fraction of sp³-hybridized carbons (Fsp3) is 0.176. The minimum Gasteiger partial charge on any atom is -0.497 e. The molecule has 0 bridgehead atoms. The molecule has 0 aromatic heterocycles. The maximum atomic E-state index is 12.0. The van der Waals surface area contributed by atoms with Crippen LogP contribution in [0.5, 0.6) is 5.75 Å². The molecule has 0 unspecified atom stereocenters. The van der Waals surface area contributed by atoms with Gasteiger partial charge in [0.2, 0.25) is 0 Å². The minimum atomic E-state index is -0.253. The topological polar surface area (TPSA) is 55.4 Å². The van der Waals surface area contributed by atoms with Crippen LogP contribution in [0, 0.1) is 6.92 Å². The number of rotatable bonds is 5. The Kier molecular flexibility index (Phi) is 4.72. The number of ether oxygens (including phenoxy) is 1. The Labute approximate surface area is 123 Å². The molecule has 0 spiro atoms. The Balaban J connectivity index is 1.93. The van der Waals surface area contributed by atoms with Gasteiger partial charge in [-0.2, -0.15) is 0 Å². The molecule has 0 heterocycles. The maximum Gasteiger partial charge on any atom is 0.251 e. The number of amides is 1. The lowest BCUT2D eigenvalue weighted by molar-refractivity contribution is 0.0904. The number of Topliss-reactive ketones (excluding diaryl/α,β-unsaturated/α-hetero) is 1. The molecule has 2 aromatic rings. The van der Waals surface area contributed by atoms with Gasteiger partial charge < -0.3 is 10.1 Å². The zero-order valence-electron chi connectivity index (χ0n) is 12.1. The highest BCUT2D eigenvalue weighted by Crippen LogP contribution is 2.11. The minimum absolute atomic E-state index is 0.0287. The van der Waals surface area contributed by atoms with Crippen LogP contribution in [0.2, 0.25) is 0 Å². The second-order valence-corrected chi connectivity index (χ2v) is 4.70. The highest BCUT2D eigenvalue weighted by molar-refractivity contribution is 6.02. The van der Waals surface area contributed by atoms with Crippen molar-refractivity contribution in [3.8, 4) is 5.75 Å². The summed E-state index contributed by atoms with van der Waals surface area (Å²) in [6, 6.07) is 14.0. The zero-order chi connectivity index (χ0) is 15.2. The van der Waals surface area contributed by atoms with Crippen molar-refractivity contribution in [1.82, 2.24) is 5.32 Å². The lowest BCUT2D eigenvalue weighted by Gasteiger charge is -2.06. The van der Waals surface area contributed by atoms with Gasteiger partial charge in [0.05, 0.1) is 13.7 Å². The zero-order valence-corrected chi connectivity index (χ0v) is 12.1. The van der Waals surface area contributed by atoms with Gasteiger partial charge in [0.15, 0.2) is 5.78 Å². The molecule has 1 N–H and O–H groups in total. The standard InChI is InChI=1S/C17H17NO3/c1-12-3-5-14(6-4-12)17(20)18-11-16(19)13-7-9-15(21-2)10-8-13/h3-10H,11H2,1-2H3,(H,18,20). The number of hydrogen-bond donors (Lipinski definition) is 1. The Morgan fingerprint density at radius 1 is 0.952 bits per heavy atom. The summed E-state index contributed by atoms with van der Waals surface area (Å²) in [4.78, 5) is 23.9. The smallest absolute Gasteiger partial charge is 0.251 e. The quantitative estimate of drug-likeness (QED) is 0.858. The fourth-order valence-electron chi connectivity index (χ4n) is 1.85. The SMILES string of the molecule is COc1ccc(C(=O)CNC(=O)c2ccc(C)cc2)cc1. The summed E-state index contributed by atoms with van der Waals surface area (Å²) in [6.07, 6.45) is 0. The van der Waals surface area contributed by atoms with Gasteiger partial charge in [0.1, 0.15) is 5.75 Å². The first-order valence-corrected chi connectivity index (χ1v) is 6.62. The van der Waals surface area contributed by atoms with E-state index in [1.54, 1.807) is 43.5 Å². The number of methoxy groups -OCH3 is 1. The van der Waals surface area contributed by atoms with Gasteiger partial charge in [-0.05, 0) is 43.3 Å². The van der Waals surface area contributed by atoms with E-state index in [4.69, 9.17) is 4.74 Å². The van der Waals surface area contributed by atoms with Gasteiger partial charge in [0, 0.05) is 11.1 Å². The van der Waals surface area contributed by atoms with Gasteiger partial charge in [0.25, 0.3) is 5.91 Å². The Morgan fingerprint density at radius 2 is 1.52 bits per heavy atom. The normalized spacial score (nSPS) is 10.0. The summed E-state index contributed by atoms with van der Waals surface area (Å²) >= 11 is 0. The van der Waals surface area contributed by atoms with Crippen LogP contribution < -0.4 is 10.1 Å². The van der Waals surface area contributed by atoms with Crippen molar-refractivity contribution in [3.05, 3.63) is 65.2 Å². The van der Waals surface area contributed by atoms with Crippen molar-refractivity contribution in [2.45, 2.75) is 6.92 Å². The van der Waals surface area contributed by atoms with Crippen LogP contribution in [0.25, 0.3) is 0 Å². The van der Waals surface area contributed by atoms with Crippen molar-refractivity contribution < 1.29 is 14.3 Å². The average molecular weight is 283 g/mol. The van der Waals surface area contributed by atoms with E-state index in [-0.39, 0.29) is 18.2 Å². The van der Waals surface area contributed by atoms with E-state index in [1.807, 2.05) is 19.1 Å². The molecule has 0 radical (unpaired) electrons. The van der Waals surface area contributed by atoms with E-state index in [0.29, 0.717) is 16.9 Å². The summed E-state index contributed by atoms with van der Waals surface area (Å²) in [5.41, 5.74) is 2.17. The number of benzene rings is 2. The van der Waals surface area contributed by atoms with Crippen LogP contribution in [0.3, 0.4) is 0 Å². The molecule has 0 aliphatic heterocycles. The van der Waals surface area contributed by atoms with E-state index in [1.165, 1.54) is 0 Å². The van der Waals surface area contributed by atoms with Gasteiger partial charge in [-0.3, -0.25) is 9.59 Å². The van der Waals surface area contributed by atoms with Crippen LogP contribution in [-0.4, -0.2) is 25.3 Å². The first kappa shape index (κ1) is 14.8. The van der Waals surface area contributed by atoms with Crippen LogP contribution in [-0.2, 0) is 0 Å². The molecule has 0 atom stereocenters. The summed E-state index contributed by atoms with van der Waals surface area (Å²) in [6.45, 7) is 1.92. The first-order valence-electron chi connectivity index (χ1n) is 6.62. The largest absolute Gasteiger partial charge is 0.497 e. The predicted octanol–water partition coefficient (Wildman–Crippen LogP) is 2.62. The lowest BCUT2D eigenvalue weighted by atomic mass is 10.1. The third-order valence-corrected chi connectivity index (χ3v) is 3.14. The summed E-state index contributed by atoms with van der Waals surface area (Å²) < 4.78 is 5.03. The van der Waals surface area contributed by atoms with Gasteiger partial charge in [-0.25, -0.2) is 0 Å². The summed E-state index contributed by atoms with van der Waals surface area (Å²) in [7, 11) is 1.57. The second-order valence-electron chi connectivity index (χ2n) is 4.70. The summed E-state index contributed by atoms with van der Waals surface area (Å²) in [5.74, 6) is 0.296. The molecule has 2 aromatic carbocycles. The molecule has 2 rings (SSSR count). The number of nitrogens with one attached hydrogen (secondary N) is 1. The monoisotopic (exact) mass is 283 g/mol. The molecule has 0 saturated carbocycles. The Morgan fingerprint density at radius 3 is 2.10 bits per heavy atom. The maximum absolute atomic E-state index is 12.0. The Bertz CT molecular complexity index is 630. The van der Waals surface area contributed by atoms with E-state index in [2.05, 4.69) is 5.32 Å². The number of aryl methyl sites for hydroxylation is 1. The molecule has 4 nitrogen and oxygen atoms in total. The van der Waals surface area contributed by atoms with Crippen LogP contribution >= 0.6 is 0 Å². The van der Waals surface area contributed by atoms with Crippen molar-refractivity contribution >= 4 is 11.7 Å². The highest BCUT2D eigenvalue weighted by Gasteiger charge is 2.09. The predicted molar refractivity (Wildman–Crippen MR) is 80.8 cm³/mol. The van der Waals surface area contributed by atoms with Crippen molar-refractivity contribution in [3.63, 3.8) is 0 Å². The number of carbonyl (C=O) groups is 2. The molecule has 108 valence electrons. The highest BCUT2D eigenvalue weighted by atomic mass is 16.5. The summed E-state index contributed by atoms with van der Waals surface area (Å²) in [5, 5.41) is 2.63. The number of hydrogen-bond acceptors (Lipinski definition) is 3. The van der Waals surface area contributed by atoms with Crippen LogP contribution in [0.4, 0.5) is 0 Å². The molecule has 4 heteroatoms. The molecule has 0 aliphatic rings. The van der Waals surface area contributed by atoms with Crippen molar-refractivity contribution in [2.24, 2.45) is 0 Å². The van der Waals surface area contributed by atoms with E-state index < -0.39 is 0 Å². The lowest BCUT2D eigenvalue weighted by Crippen LogP contribution is -2.29. The molecular weight excluding hydrogens is 266 g/mol. The Hall–Kier alpha value is -2.62. The van der Waals surface area contributed by atoms with Crippen molar-refractivity contribution in [1.29, 1.82) is 0 Å². The fourth-order valence-corrected chi connectivity index (χ4v) is 1.85. The third kappa shape index (κ3) is 3.92. The molecule has 0 saturated heterocycles. The number of ketones is 1. The van der Waals surface area contributed by atoms with Crippen molar-refractivity contribution in [2.75, 3.05) is 13.7 Å². The average Bonchev–Trinajstić information content (AvgIpc) is 2.53. The van der Waals surface area contributed by atoms with Crippen LogP contribution in [0.15, 0.2) is 48.5 Å². The molecule has 1 amide bonds. The molecule has 21 heavy (non-hydrogen) atoms. The number of carbonyl (C=O) groups excluding carboxylic acids is 2. The van der Waals surface area contributed by atoms with E-state index in [0.717, 1.165) is 5.56 Å². The van der Waals surface area contributed by atoms with Gasteiger partial charge in [-0.1, -0.05) is 17.7 Å². The van der Waals surface area contributed by atoms with Crippen LogP contribution in [0.1, 0.15) is 26.3 Å². The molecule has 0 fully saturated rings. The third-order valence-electron chi connectivity index (χ3n) is 3.14. The molecular formula is C17H17NO3. The first-order chi connectivity index (χ1) is 10.1. The second kappa shape index (κ2) is 6.70. The van der Waals surface area contributed by atoms with E-state index >= 15 is 0 Å². The van der Waals surface area contributed by atoms with Gasteiger partial charge >= 0.3 is 0 Å². The van der Waals surface area contributed by atoms with E-state index in [9.17, 15) is 9.59 Å². The van der Waals surface area contributed by atoms with Gasteiger partial charge in [-0.15, -0.1) is 0 Å².